The minimum Gasteiger partial charge on any atom is -0.434 e. The Balaban J connectivity index is 2.32. The van der Waals surface area contributed by atoms with Crippen LogP contribution in [0.4, 0.5) is 15.3 Å². The number of amides is 1. The molecule has 0 bridgehead atoms. The maximum absolute atomic E-state index is 12.5. The van der Waals surface area contributed by atoms with E-state index in [0.717, 1.165) is 5.06 Å². The highest BCUT2D eigenvalue weighted by Gasteiger charge is 2.28. The summed E-state index contributed by atoms with van der Waals surface area (Å²) in [4.78, 5) is 41.7. The average Bonchev–Trinajstić information content (AvgIpc) is 2.92. The molecular formula is C23H30N2O9. The van der Waals surface area contributed by atoms with Crippen molar-refractivity contribution in [2.24, 2.45) is 0 Å². The summed E-state index contributed by atoms with van der Waals surface area (Å²) in [6, 6.07) is 6.55. The number of carbonyl (C=O) groups is 3. The molecule has 0 unspecified atom stereocenters. The van der Waals surface area contributed by atoms with Gasteiger partial charge in [-0.3, -0.25) is 9.63 Å². The zero-order valence-electron chi connectivity index (χ0n) is 19.8. The van der Waals surface area contributed by atoms with Gasteiger partial charge in [-0.05, 0) is 26.3 Å². The second-order valence-corrected chi connectivity index (χ2v) is 6.81. The van der Waals surface area contributed by atoms with E-state index in [1.54, 1.807) is 38.1 Å². The number of fused-ring (bicyclic) bond motifs is 1. The molecule has 2 N–H and O–H groups in total. The van der Waals surface area contributed by atoms with Gasteiger partial charge in [0, 0.05) is 24.8 Å². The number of hydrogen-bond acceptors (Lipinski definition) is 10. The van der Waals surface area contributed by atoms with E-state index in [-0.39, 0.29) is 49.3 Å². The van der Waals surface area contributed by atoms with E-state index < -0.39 is 12.3 Å². The molecule has 0 radical (unpaired) electrons. The Morgan fingerprint density at radius 2 is 1.35 bits per heavy atom. The van der Waals surface area contributed by atoms with Crippen LogP contribution in [0.5, 0.6) is 11.5 Å². The van der Waals surface area contributed by atoms with Crippen molar-refractivity contribution in [2.75, 3.05) is 45.8 Å². The molecule has 0 aromatic carbocycles. The number of carbonyl (C=O) groups excluding carboxylic acids is 3. The fourth-order valence-electron chi connectivity index (χ4n) is 2.94. The first kappa shape index (κ1) is 26.7. The molecule has 1 amide bonds. The average molecular weight is 478 g/mol. The molecule has 2 rings (SSSR count). The lowest BCUT2D eigenvalue weighted by atomic mass is 10.2. The number of nitrogens with zero attached hydrogens (tertiary/aromatic N) is 1. The largest absolute Gasteiger partial charge is 0.513 e. The lowest BCUT2D eigenvalue weighted by molar-refractivity contribution is -0.181. The molecule has 0 saturated carbocycles. The van der Waals surface area contributed by atoms with Crippen LogP contribution in [0.15, 0.2) is 24.3 Å². The molecule has 186 valence electrons. The highest BCUT2D eigenvalue weighted by Crippen LogP contribution is 2.50. The van der Waals surface area contributed by atoms with Crippen molar-refractivity contribution in [1.82, 2.24) is 5.06 Å². The third-order valence-corrected chi connectivity index (χ3v) is 4.52. The normalized spacial score (nSPS) is 10.6. The maximum atomic E-state index is 12.5. The number of nitrogen functional groups attached to an aromatic ring is 1. The van der Waals surface area contributed by atoms with Crippen LogP contribution in [-0.2, 0) is 30.3 Å². The lowest BCUT2D eigenvalue weighted by Gasteiger charge is -2.16. The Hall–Kier alpha value is -3.57. The molecule has 0 aromatic rings. The fourth-order valence-corrected chi connectivity index (χ4v) is 2.94. The zero-order chi connectivity index (χ0) is 25.1. The summed E-state index contributed by atoms with van der Waals surface area (Å²) < 4.78 is 25.4. The summed E-state index contributed by atoms with van der Waals surface area (Å²) in [7, 11) is 1.52. The van der Waals surface area contributed by atoms with Gasteiger partial charge in [0.05, 0.1) is 32.8 Å². The molecule has 0 aliphatic heterocycles. The van der Waals surface area contributed by atoms with E-state index in [9.17, 15) is 14.4 Å². The van der Waals surface area contributed by atoms with E-state index in [0.29, 0.717) is 29.9 Å². The van der Waals surface area contributed by atoms with Crippen molar-refractivity contribution in [1.29, 1.82) is 0 Å². The van der Waals surface area contributed by atoms with E-state index in [2.05, 4.69) is 0 Å². The summed E-state index contributed by atoms with van der Waals surface area (Å²) >= 11 is 0. The van der Waals surface area contributed by atoms with Gasteiger partial charge >= 0.3 is 12.3 Å². The van der Waals surface area contributed by atoms with Gasteiger partial charge in [-0.25, -0.2) is 14.7 Å². The van der Waals surface area contributed by atoms with Crippen LogP contribution in [0.2, 0.25) is 0 Å². The quantitative estimate of drug-likeness (QED) is 0.291. The van der Waals surface area contributed by atoms with Crippen molar-refractivity contribution in [2.45, 2.75) is 27.2 Å². The first-order chi connectivity index (χ1) is 16.3. The van der Waals surface area contributed by atoms with Gasteiger partial charge < -0.3 is 29.4 Å². The highest BCUT2D eigenvalue weighted by atomic mass is 16.7. The van der Waals surface area contributed by atoms with Crippen molar-refractivity contribution in [3.63, 3.8) is 0 Å². The summed E-state index contributed by atoms with van der Waals surface area (Å²) in [6.45, 7) is 6.51. The molecule has 0 spiro atoms. The van der Waals surface area contributed by atoms with Gasteiger partial charge in [-0.2, -0.15) is 0 Å². The van der Waals surface area contributed by atoms with E-state index >= 15 is 0 Å². The summed E-state index contributed by atoms with van der Waals surface area (Å²) in [5.74, 6) is -0.344. The number of nitrogens with two attached hydrogens (primary N) is 1. The molecule has 11 nitrogen and oxygen atoms in total. The molecule has 34 heavy (non-hydrogen) atoms. The van der Waals surface area contributed by atoms with Crippen molar-refractivity contribution >= 4 is 23.9 Å². The minimum absolute atomic E-state index is 0.0278. The van der Waals surface area contributed by atoms with Gasteiger partial charge in [-0.15, -0.1) is 0 Å². The molecule has 0 heterocycles. The van der Waals surface area contributed by atoms with Crippen molar-refractivity contribution in [3.8, 4) is 22.6 Å². The number of rotatable bonds is 11. The molecule has 0 aromatic heterocycles. The first-order valence-corrected chi connectivity index (χ1v) is 10.8. The third kappa shape index (κ3) is 7.22. The topological polar surface area (TPSA) is 136 Å². The second-order valence-electron chi connectivity index (χ2n) is 6.81. The fraction of sp³-hybridized carbons (Fsp3) is 0.435. The van der Waals surface area contributed by atoms with Crippen LogP contribution in [-0.4, -0.2) is 63.4 Å². The number of likely N-dealkylation sites (N-methyl/N-ethyl adjacent to an activating group) is 1. The standard InChI is InChI=1S/C23H30N2O9/c1-5-29-12-13-32-25(4)18(26)14-15-8-10-16-17(11-9-15)21(34-23(28)31-7-3)19(24)20(16)33-22(27)30-6-2/h8-11H,5-7,12-14,24H2,1-4H3. The van der Waals surface area contributed by atoms with Crippen molar-refractivity contribution in [3.05, 3.63) is 29.8 Å². The molecule has 0 fully saturated rings. The summed E-state index contributed by atoms with van der Waals surface area (Å²) in [5, 5.41) is 1.15. The minimum atomic E-state index is -0.962. The Bertz CT molecular complexity index is 906. The van der Waals surface area contributed by atoms with Crippen LogP contribution in [0.1, 0.15) is 26.3 Å². The zero-order valence-corrected chi connectivity index (χ0v) is 19.8. The third-order valence-electron chi connectivity index (χ3n) is 4.52. The summed E-state index contributed by atoms with van der Waals surface area (Å²) in [6.07, 6.45) is -1.90. The second kappa shape index (κ2) is 13.2. The highest BCUT2D eigenvalue weighted by molar-refractivity contribution is 5.95. The molecular weight excluding hydrogens is 448 g/mol. The SMILES string of the molecule is CCOCCON(C)C(=O)Cc1ccc2c(OC(=O)OCC)c(N)c(OC(=O)OCC)c-2cc1. The monoisotopic (exact) mass is 478 g/mol. The lowest BCUT2D eigenvalue weighted by Crippen LogP contribution is -2.29. The van der Waals surface area contributed by atoms with Crippen LogP contribution in [0.25, 0.3) is 11.1 Å². The number of hydroxylamine groups is 2. The van der Waals surface area contributed by atoms with Crippen LogP contribution in [0, 0.1) is 0 Å². The number of anilines is 1. The van der Waals surface area contributed by atoms with Gasteiger partial charge in [0.25, 0.3) is 0 Å². The van der Waals surface area contributed by atoms with E-state index in [4.69, 9.17) is 34.3 Å². The predicted molar refractivity (Wildman–Crippen MR) is 122 cm³/mol. The van der Waals surface area contributed by atoms with E-state index in [1.165, 1.54) is 7.05 Å². The molecule has 0 atom stereocenters. The van der Waals surface area contributed by atoms with Gasteiger partial charge in [-0.1, -0.05) is 24.3 Å². The van der Waals surface area contributed by atoms with E-state index in [1.807, 2.05) is 6.92 Å². The van der Waals surface area contributed by atoms with Gasteiger partial charge in [0.1, 0.15) is 5.69 Å². The maximum Gasteiger partial charge on any atom is 0.513 e. The first-order valence-electron chi connectivity index (χ1n) is 10.8. The van der Waals surface area contributed by atoms with Crippen LogP contribution < -0.4 is 15.2 Å². The van der Waals surface area contributed by atoms with Crippen LogP contribution in [0.3, 0.4) is 0 Å². The molecule has 2 aliphatic rings. The predicted octanol–water partition coefficient (Wildman–Crippen LogP) is 3.41. The smallest absolute Gasteiger partial charge is 0.434 e. The van der Waals surface area contributed by atoms with Crippen LogP contribution >= 0.6 is 0 Å². The Morgan fingerprint density at radius 1 is 0.824 bits per heavy atom. The van der Waals surface area contributed by atoms with Gasteiger partial charge in [0.15, 0.2) is 11.5 Å². The number of ether oxygens (including phenoxy) is 5. The molecule has 2 aliphatic carbocycles. The Kier molecular flexibility index (Phi) is 10.4. The van der Waals surface area contributed by atoms with Crippen molar-refractivity contribution < 1.29 is 42.9 Å². The molecule has 0 saturated heterocycles. The Labute approximate surface area is 197 Å². The summed E-state index contributed by atoms with van der Waals surface area (Å²) in [5.41, 5.74) is 7.44. The molecule has 11 heteroatoms. The number of hydrogen-bond donors (Lipinski definition) is 1. The van der Waals surface area contributed by atoms with Gasteiger partial charge in [0.2, 0.25) is 5.91 Å². The Morgan fingerprint density at radius 3 is 1.82 bits per heavy atom.